The second-order valence-electron chi connectivity index (χ2n) is 7.57. The molecule has 29 heavy (non-hydrogen) atoms. The van der Waals surface area contributed by atoms with Crippen molar-refractivity contribution in [1.82, 2.24) is 20.0 Å². The molecule has 3 aromatic rings. The van der Waals surface area contributed by atoms with Crippen molar-refractivity contribution in [3.05, 3.63) is 66.9 Å². The highest BCUT2D eigenvalue weighted by atomic mass is 16.2. The summed E-state index contributed by atoms with van der Waals surface area (Å²) in [6.45, 7) is 4.14. The fourth-order valence-corrected chi connectivity index (χ4v) is 3.88. The number of nitrogens with one attached hydrogen (secondary N) is 1. The fourth-order valence-electron chi connectivity index (χ4n) is 3.88. The van der Waals surface area contributed by atoms with Crippen LogP contribution in [-0.2, 0) is 11.3 Å². The Kier molecular flexibility index (Phi) is 6.37. The molecular weight excluding hydrogens is 360 g/mol. The Balaban J connectivity index is 1.45. The third kappa shape index (κ3) is 5.12. The molecule has 1 aliphatic rings. The highest BCUT2D eigenvalue weighted by Crippen LogP contribution is 2.30. The molecular formula is C24H28N4O. The van der Waals surface area contributed by atoms with E-state index in [0.29, 0.717) is 6.54 Å². The molecule has 5 heteroatoms. The maximum Gasteiger partial charge on any atom is 0.241 e. The van der Waals surface area contributed by atoms with Gasteiger partial charge in [0.2, 0.25) is 5.91 Å². The van der Waals surface area contributed by atoms with Gasteiger partial charge in [-0.25, -0.2) is 0 Å². The van der Waals surface area contributed by atoms with Crippen molar-refractivity contribution in [3.8, 4) is 22.4 Å². The number of nitrogens with zero attached hydrogens (tertiary/aromatic N) is 3. The number of hydrogen-bond acceptors (Lipinski definition) is 3. The van der Waals surface area contributed by atoms with Crippen LogP contribution in [0.4, 0.5) is 0 Å². The lowest BCUT2D eigenvalue weighted by Crippen LogP contribution is -2.38. The molecule has 1 saturated heterocycles. The van der Waals surface area contributed by atoms with Crippen molar-refractivity contribution in [1.29, 1.82) is 0 Å². The minimum atomic E-state index is 0.00346. The van der Waals surface area contributed by atoms with Crippen LogP contribution >= 0.6 is 0 Å². The normalized spacial score (nSPS) is 14.6. The van der Waals surface area contributed by atoms with Gasteiger partial charge in [-0.15, -0.1) is 0 Å². The summed E-state index contributed by atoms with van der Waals surface area (Å²) >= 11 is 0. The SMILES string of the molecule is O=C(Cn1cc(-c2ccccc2)c(-c2ccccc2)n1)NCCN1CCCCC1. The summed E-state index contributed by atoms with van der Waals surface area (Å²) in [4.78, 5) is 14.9. The minimum absolute atomic E-state index is 0.00346. The van der Waals surface area contributed by atoms with Gasteiger partial charge < -0.3 is 10.2 Å². The molecule has 0 radical (unpaired) electrons. The molecule has 4 rings (SSSR count). The number of carbonyl (C=O) groups excluding carboxylic acids is 1. The standard InChI is InChI=1S/C24H28N4O/c29-23(25-14-17-27-15-8-3-9-16-27)19-28-18-22(20-10-4-1-5-11-20)24(26-28)21-12-6-2-7-13-21/h1-2,4-7,10-13,18H,3,8-9,14-17,19H2,(H,25,29). The first kappa shape index (κ1) is 19.4. The van der Waals surface area contributed by atoms with Crippen LogP contribution in [0.1, 0.15) is 19.3 Å². The molecule has 2 heterocycles. The zero-order valence-corrected chi connectivity index (χ0v) is 16.8. The third-order valence-corrected chi connectivity index (χ3v) is 5.40. The topological polar surface area (TPSA) is 50.2 Å². The largest absolute Gasteiger partial charge is 0.353 e. The van der Waals surface area contributed by atoms with E-state index in [0.717, 1.165) is 42.0 Å². The number of amides is 1. The maximum absolute atomic E-state index is 12.5. The number of rotatable bonds is 7. The van der Waals surface area contributed by atoms with Gasteiger partial charge >= 0.3 is 0 Å². The van der Waals surface area contributed by atoms with Gasteiger partial charge in [-0.2, -0.15) is 5.10 Å². The van der Waals surface area contributed by atoms with E-state index in [9.17, 15) is 4.79 Å². The number of hydrogen-bond donors (Lipinski definition) is 1. The molecule has 0 atom stereocenters. The van der Waals surface area contributed by atoms with Crippen molar-refractivity contribution < 1.29 is 4.79 Å². The summed E-state index contributed by atoms with van der Waals surface area (Å²) in [5, 5.41) is 7.79. The summed E-state index contributed by atoms with van der Waals surface area (Å²) in [5.74, 6) is 0.00346. The molecule has 5 nitrogen and oxygen atoms in total. The zero-order chi connectivity index (χ0) is 19.9. The number of likely N-dealkylation sites (tertiary alicyclic amines) is 1. The smallest absolute Gasteiger partial charge is 0.241 e. The summed E-state index contributed by atoms with van der Waals surface area (Å²) in [5.41, 5.74) is 4.09. The summed E-state index contributed by atoms with van der Waals surface area (Å²) in [7, 11) is 0. The van der Waals surface area contributed by atoms with Gasteiger partial charge in [0.1, 0.15) is 12.2 Å². The van der Waals surface area contributed by atoms with Crippen molar-refractivity contribution in [2.24, 2.45) is 0 Å². The Labute approximate surface area is 172 Å². The van der Waals surface area contributed by atoms with Crippen molar-refractivity contribution in [2.45, 2.75) is 25.8 Å². The lowest BCUT2D eigenvalue weighted by atomic mass is 10.0. The van der Waals surface area contributed by atoms with Gasteiger partial charge in [0.15, 0.2) is 0 Å². The van der Waals surface area contributed by atoms with E-state index in [2.05, 4.69) is 34.5 Å². The van der Waals surface area contributed by atoms with Crippen LogP contribution < -0.4 is 5.32 Å². The van der Waals surface area contributed by atoms with Crippen LogP contribution in [0.25, 0.3) is 22.4 Å². The second-order valence-corrected chi connectivity index (χ2v) is 7.57. The van der Waals surface area contributed by atoms with Crippen LogP contribution in [0.2, 0.25) is 0 Å². The van der Waals surface area contributed by atoms with E-state index in [1.54, 1.807) is 4.68 Å². The molecule has 150 valence electrons. The zero-order valence-electron chi connectivity index (χ0n) is 16.8. The predicted octanol–water partition coefficient (Wildman–Crippen LogP) is 3.82. The Morgan fingerprint density at radius 1 is 0.897 bits per heavy atom. The van der Waals surface area contributed by atoms with Crippen LogP contribution in [0, 0.1) is 0 Å². The molecule has 1 aliphatic heterocycles. The van der Waals surface area contributed by atoms with Gasteiger partial charge in [0.25, 0.3) is 0 Å². The molecule has 1 amide bonds. The van der Waals surface area contributed by atoms with Gasteiger partial charge in [0.05, 0.1) is 0 Å². The molecule has 0 saturated carbocycles. The molecule has 1 fully saturated rings. The van der Waals surface area contributed by atoms with Crippen LogP contribution in [0.15, 0.2) is 66.9 Å². The Bertz CT molecular complexity index is 858. The number of aromatic nitrogens is 2. The predicted molar refractivity (Wildman–Crippen MR) is 116 cm³/mol. The first-order chi connectivity index (χ1) is 14.3. The first-order valence-electron chi connectivity index (χ1n) is 10.5. The maximum atomic E-state index is 12.5. The van der Waals surface area contributed by atoms with Crippen LogP contribution in [0.3, 0.4) is 0 Å². The average molecular weight is 389 g/mol. The van der Waals surface area contributed by atoms with Crippen molar-refractivity contribution in [3.63, 3.8) is 0 Å². The number of benzene rings is 2. The monoisotopic (exact) mass is 388 g/mol. The van der Waals surface area contributed by atoms with Gasteiger partial charge in [-0.05, 0) is 31.5 Å². The molecule has 0 bridgehead atoms. The highest BCUT2D eigenvalue weighted by molar-refractivity contribution is 5.81. The Morgan fingerprint density at radius 2 is 1.55 bits per heavy atom. The van der Waals surface area contributed by atoms with Crippen molar-refractivity contribution in [2.75, 3.05) is 26.2 Å². The molecule has 2 aromatic carbocycles. The fraction of sp³-hybridized carbons (Fsp3) is 0.333. The van der Waals surface area contributed by atoms with E-state index < -0.39 is 0 Å². The van der Waals surface area contributed by atoms with E-state index in [-0.39, 0.29) is 12.5 Å². The Morgan fingerprint density at radius 3 is 2.24 bits per heavy atom. The van der Waals surface area contributed by atoms with E-state index >= 15 is 0 Å². The number of carbonyl (C=O) groups is 1. The van der Waals surface area contributed by atoms with Crippen LogP contribution in [0.5, 0.6) is 0 Å². The second kappa shape index (κ2) is 9.52. The minimum Gasteiger partial charge on any atom is -0.353 e. The first-order valence-corrected chi connectivity index (χ1v) is 10.5. The Hall–Kier alpha value is -2.92. The van der Waals surface area contributed by atoms with E-state index in [1.165, 1.54) is 19.3 Å². The van der Waals surface area contributed by atoms with Crippen molar-refractivity contribution >= 4 is 5.91 Å². The number of piperidine rings is 1. The highest BCUT2D eigenvalue weighted by Gasteiger charge is 2.15. The molecule has 0 aliphatic carbocycles. The van der Waals surface area contributed by atoms with E-state index in [1.807, 2.05) is 42.6 Å². The van der Waals surface area contributed by atoms with Gasteiger partial charge in [-0.3, -0.25) is 9.48 Å². The van der Waals surface area contributed by atoms with Gasteiger partial charge in [-0.1, -0.05) is 67.1 Å². The molecule has 1 aromatic heterocycles. The van der Waals surface area contributed by atoms with Crippen LogP contribution in [-0.4, -0.2) is 46.8 Å². The average Bonchev–Trinajstić information content (AvgIpc) is 3.19. The van der Waals surface area contributed by atoms with Gasteiger partial charge in [0, 0.05) is 30.4 Å². The quantitative estimate of drug-likeness (QED) is 0.669. The summed E-state index contributed by atoms with van der Waals surface area (Å²) < 4.78 is 1.75. The van der Waals surface area contributed by atoms with E-state index in [4.69, 9.17) is 5.10 Å². The third-order valence-electron chi connectivity index (χ3n) is 5.40. The summed E-state index contributed by atoms with van der Waals surface area (Å²) in [6.07, 6.45) is 5.84. The molecule has 0 unspecified atom stereocenters. The lowest BCUT2D eigenvalue weighted by Gasteiger charge is -2.26. The molecule has 1 N–H and O–H groups in total. The molecule has 0 spiro atoms. The lowest BCUT2D eigenvalue weighted by molar-refractivity contribution is -0.121. The summed E-state index contributed by atoms with van der Waals surface area (Å²) in [6, 6.07) is 20.3.